The van der Waals surface area contributed by atoms with Gasteiger partial charge in [-0.15, -0.1) is 0 Å². The van der Waals surface area contributed by atoms with E-state index in [-0.39, 0.29) is 22.8 Å². The molecule has 0 spiro atoms. The molecule has 2 aromatic rings. The Morgan fingerprint density at radius 2 is 1.72 bits per heavy atom. The fourth-order valence-corrected chi connectivity index (χ4v) is 4.16. The first-order valence-corrected chi connectivity index (χ1v) is 10.5. The minimum atomic E-state index is -3.63. The van der Waals surface area contributed by atoms with Gasteiger partial charge in [-0.2, -0.15) is 4.31 Å². The van der Waals surface area contributed by atoms with Gasteiger partial charge in [0.1, 0.15) is 11.3 Å². The number of nitrogens with zero attached hydrogens (tertiary/aromatic N) is 1. The SMILES string of the molecule is CCN(CC)S(=O)(=O)c1cccc(NC(=O)COc2ccccc2C(=O)OC)c1. The van der Waals surface area contributed by atoms with Gasteiger partial charge >= 0.3 is 5.97 Å². The number of benzene rings is 2. The molecule has 1 N–H and O–H groups in total. The average Bonchev–Trinajstić information content (AvgIpc) is 2.72. The molecule has 8 nitrogen and oxygen atoms in total. The first-order chi connectivity index (χ1) is 13.8. The number of hydrogen-bond acceptors (Lipinski definition) is 6. The standard InChI is InChI=1S/C20H24N2O6S/c1-4-22(5-2)29(25,26)16-10-8-9-15(13-16)21-19(23)14-28-18-12-7-6-11-17(18)20(24)27-3/h6-13H,4-5,14H2,1-3H3,(H,21,23). The number of esters is 1. The lowest BCUT2D eigenvalue weighted by molar-refractivity contribution is -0.118. The van der Waals surface area contributed by atoms with Crippen LogP contribution in [0.1, 0.15) is 24.2 Å². The molecule has 0 aliphatic heterocycles. The second-order valence-electron chi connectivity index (χ2n) is 5.94. The highest BCUT2D eigenvalue weighted by atomic mass is 32.2. The number of hydrogen-bond donors (Lipinski definition) is 1. The number of para-hydroxylation sites is 1. The zero-order valence-corrected chi connectivity index (χ0v) is 17.4. The Morgan fingerprint density at radius 1 is 1.03 bits per heavy atom. The minimum Gasteiger partial charge on any atom is -0.483 e. The van der Waals surface area contributed by atoms with Crippen LogP contribution < -0.4 is 10.1 Å². The van der Waals surface area contributed by atoms with E-state index < -0.39 is 21.9 Å². The molecule has 0 bridgehead atoms. The Balaban J connectivity index is 2.09. The molecular weight excluding hydrogens is 396 g/mol. The molecule has 2 aromatic carbocycles. The second-order valence-corrected chi connectivity index (χ2v) is 7.88. The Morgan fingerprint density at radius 3 is 2.38 bits per heavy atom. The summed E-state index contributed by atoms with van der Waals surface area (Å²) in [4.78, 5) is 24.1. The van der Waals surface area contributed by atoms with Crippen LogP contribution in [0.4, 0.5) is 5.69 Å². The van der Waals surface area contributed by atoms with Crippen LogP contribution in [0.25, 0.3) is 0 Å². The molecule has 0 unspecified atom stereocenters. The Kier molecular flexibility index (Phi) is 7.74. The van der Waals surface area contributed by atoms with E-state index >= 15 is 0 Å². The monoisotopic (exact) mass is 420 g/mol. The molecular formula is C20H24N2O6S. The molecule has 0 fully saturated rings. The third-order valence-corrected chi connectivity index (χ3v) is 6.16. The average molecular weight is 420 g/mol. The van der Waals surface area contributed by atoms with Crippen LogP contribution in [0.2, 0.25) is 0 Å². The molecule has 29 heavy (non-hydrogen) atoms. The number of nitrogens with one attached hydrogen (secondary N) is 1. The molecule has 0 atom stereocenters. The maximum absolute atomic E-state index is 12.6. The normalized spacial score (nSPS) is 11.2. The predicted octanol–water partition coefficient (Wildman–Crippen LogP) is 2.52. The van der Waals surface area contributed by atoms with Crippen molar-refractivity contribution in [3.8, 4) is 5.75 Å². The molecule has 0 saturated carbocycles. The summed E-state index contributed by atoms with van der Waals surface area (Å²) in [5, 5.41) is 2.60. The summed E-state index contributed by atoms with van der Waals surface area (Å²) in [6, 6.07) is 12.4. The van der Waals surface area contributed by atoms with E-state index in [1.54, 1.807) is 44.2 Å². The van der Waals surface area contributed by atoms with Gasteiger partial charge in [0.15, 0.2) is 6.61 Å². The fraction of sp³-hybridized carbons (Fsp3) is 0.300. The molecule has 156 valence electrons. The van der Waals surface area contributed by atoms with Crippen LogP contribution in [0, 0.1) is 0 Å². The zero-order valence-electron chi connectivity index (χ0n) is 16.5. The largest absolute Gasteiger partial charge is 0.483 e. The van der Waals surface area contributed by atoms with Crippen LogP contribution >= 0.6 is 0 Å². The van der Waals surface area contributed by atoms with Crippen molar-refractivity contribution in [2.75, 3.05) is 32.1 Å². The maximum Gasteiger partial charge on any atom is 0.341 e. The van der Waals surface area contributed by atoms with Crippen molar-refractivity contribution < 1.29 is 27.5 Å². The fourth-order valence-electron chi connectivity index (χ4n) is 2.66. The highest BCUT2D eigenvalue weighted by Crippen LogP contribution is 2.21. The van der Waals surface area contributed by atoms with Crippen LogP contribution in [0.3, 0.4) is 0 Å². The number of carbonyl (C=O) groups excluding carboxylic acids is 2. The van der Waals surface area contributed by atoms with Crippen molar-refractivity contribution in [1.82, 2.24) is 4.31 Å². The molecule has 1 amide bonds. The van der Waals surface area contributed by atoms with Gasteiger partial charge in [-0.1, -0.05) is 32.0 Å². The lowest BCUT2D eigenvalue weighted by atomic mass is 10.2. The number of ether oxygens (including phenoxy) is 2. The maximum atomic E-state index is 12.6. The van der Waals surface area contributed by atoms with Gasteiger partial charge in [0.25, 0.3) is 5.91 Å². The summed E-state index contributed by atoms with van der Waals surface area (Å²) in [5.74, 6) is -0.857. The molecule has 9 heteroatoms. The van der Waals surface area contributed by atoms with Gasteiger partial charge in [0.2, 0.25) is 10.0 Å². The number of amides is 1. The molecule has 0 aliphatic rings. The summed E-state index contributed by atoms with van der Waals surface area (Å²) in [7, 11) is -2.38. The van der Waals surface area contributed by atoms with Crippen LogP contribution in [0.15, 0.2) is 53.4 Å². The number of rotatable bonds is 9. The van der Waals surface area contributed by atoms with Crippen molar-refractivity contribution in [2.24, 2.45) is 0 Å². The zero-order chi connectivity index (χ0) is 21.4. The van der Waals surface area contributed by atoms with E-state index in [9.17, 15) is 18.0 Å². The van der Waals surface area contributed by atoms with E-state index in [4.69, 9.17) is 4.74 Å². The molecule has 0 radical (unpaired) electrons. The molecule has 2 rings (SSSR count). The van der Waals surface area contributed by atoms with E-state index in [1.807, 2.05) is 0 Å². The first-order valence-electron chi connectivity index (χ1n) is 9.03. The smallest absolute Gasteiger partial charge is 0.341 e. The van der Waals surface area contributed by atoms with Gasteiger partial charge in [0.05, 0.1) is 12.0 Å². The molecule has 0 aromatic heterocycles. The van der Waals surface area contributed by atoms with Gasteiger partial charge < -0.3 is 14.8 Å². The summed E-state index contributed by atoms with van der Waals surface area (Å²) >= 11 is 0. The van der Waals surface area contributed by atoms with Crippen molar-refractivity contribution in [2.45, 2.75) is 18.7 Å². The Bertz CT molecular complexity index is 970. The van der Waals surface area contributed by atoms with E-state index in [0.717, 1.165) is 0 Å². The molecule has 0 heterocycles. The van der Waals surface area contributed by atoms with Gasteiger partial charge in [0, 0.05) is 18.8 Å². The molecule has 0 saturated heterocycles. The summed E-state index contributed by atoms with van der Waals surface area (Å²) in [6.07, 6.45) is 0. The Labute approximate surface area is 170 Å². The van der Waals surface area contributed by atoms with Gasteiger partial charge in [-0.3, -0.25) is 4.79 Å². The Hall–Kier alpha value is -2.91. The highest BCUT2D eigenvalue weighted by molar-refractivity contribution is 7.89. The highest BCUT2D eigenvalue weighted by Gasteiger charge is 2.22. The number of anilines is 1. The quantitative estimate of drug-likeness (QED) is 0.626. The van der Waals surface area contributed by atoms with Gasteiger partial charge in [-0.25, -0.2) is 13.2 Å². The first kappa shape index (κ1) is 22.4. The number of methoxy groups -OCH3 is 1. The van der Waals surface area contributed by atoms with E-state index in [1.165, 1.54) is 29.6 Å². The predicted molar refractivity (Wildman–Crippen MR) is 108 cm³/mol. The molecule has 0 aliphatic carbocycles. The number of sulfonamides is 1. The van der Waals surface area contributed by atoms with Crippen molar-refractivity contribution in [1.29, 1.82) is 0 Å². The van der Waals surface area contributed by atoms with Crippen LogP contribution in [-0.2, 0) is 19.6 Å². The lowest BCUT2D eigenvalue weighted by Crippen LogP contribution is -2.30. The number of carbonyl (C=O) groups is 2. The van der Waals surface area contributed by atoms with Crippen molar-refractivity contribution in [3.63, 3.8) is 0 Å². The van der Waals surface area contributed by atoms with Crippen LogP contribution in [0.5, 0.6) is 5.75 Å². The van der Waals surface area contributed by atoms with Crippen molar-refractivity contribution in [3.05, 3.63) is 54.1 Å². The van der Waals surface area contributed by atoms with Crippen LogP contribution in [-0.4, -0.2) is 51.4 Å². The van der Waals surface area contributed by atoms with Crippen molar-refractivity contribution >= 4 is 27.6 Å². The summed E-state index contributed by atoms with van der Waals surface area (Å²) in [6.45, 7) is 3.86. The lowest BCUT2D eigenvalue weighted by Gasteiger charge is -2.19. The summed E-state index contributed by atoms with van der Waals surface area (Å²) in [5.41, 5.74) is 0.531. The van der Waals surface area contributed by atoms with Gasteiger partial charge in [-0.05, 0) is 30.3 Å². The third kappa shape index (κ3) is 5.55. The van der Waals surface area contributed by atoms with E-state index in [2.05, 4.69) is 10.1 Å². The minimum absolute atomic E-state index is 0.0935. The third-order valence-electron chi connectivity index (χ3n) is 4.11. The van der Waals surface area contributed by atoms with E-state index in [0.29, 0.717) is 18.8 Å². The topological polar surface area (TPSA) is 102 Å². The summed E-state index contributed by atoms with van der Waals surface area (Å²) < 4.78 is 36.7. The second kappa shape index (κ2) is 10.0.